The zero-order chi connectivity index (χ0) is 13.1. The molecule has 0 aromatic heterocycles. The van der Waals surface area contributed by atoms with Crippen LogP contribution in [0.25, 0.3) is 0 Å². The predicted molar refractivity (Wildman–Crippen MR) is 76.3 cm³/mol. The molecule has 2 aromatic rings. The Balaban J connectivity index is 1.72. The van der Waals surface area contributed by atoms with Crippen molar-refractivity contribution >= 4 is 6.21 Å². The Labute approximate surface area is 112 Å². The fourth-order valence-electron chi connectivity index (χ4n) is 2.33. The van der Waals surface area contributed by atoms with Gasteiger partial charge in [-0.15, -0.1) is 0 Å². The molecular formula is C16H16N2O. The van der Waals surface area contributed by atoms with Crippen molar-refractivity contribution in [3.63, 3.8) is 0 Å². The second-order valence-electron chi connectivity index (χ2n) is 4.75. The zero-order valence-electron chi connectivity index (χ0n) is 10.7. The first-order valence-electron chi connectivity index (χ1n) is 6.46. The predicted octanol–water partition coefficient (Wildman–Crippen LogP) is 2.78. The molecule has 3 heteroatoms. The van der Waals surface area contributed by atoms with E-state index in [-0.39, 0.29) is 5.75 Å². The fraction of sp³-hybridized carbons (Fsp3) is 0.188. The maximum Gasteiger partial charge on any atom is 0.116 e. The highest BCUT2D eigenvalue weighted by molar-refractivity contribution is 5.79. The topological polar surface area (TPSA) is 35.8 Å². The van der Waals surface area contributed by atoms with Gasteiger partial charge in [0.05, 0.1) is 12.8 Å². The van der Waals surface area contributed by atoms with Gasteiger partial charge in [-0.25, -0.2) is 0 Å². The first-order valence-corrected chi connectivity index (χ1v) is 6.46. The van der Waals surface area contributed by atoms with Crippen molar-refractivity contribution in [1.82, 2.24) is 5.01 Å². The van der Waals surface area contributed by atoms with E-state index in [2.05, 4.69) is 34.4 Å². The Hall–Kier alpha value is -2.29. The molecule has 2 aromatic carbocycles. The van der Waals surface area contributed by atoms with Crippen molar-refractivity contribution in [2.45, 2.75) is 13.0 Å². The highest BCUT2D eigenvalue weighted by Gasteiger charge is 2.13. The van der Waals surface area contributed by atoms with Crippen LogP contribution in [0.15, 0.2) is 53.6 Å². The molecule has 1 aliphatic heterocycles. The molecule has 0 unspecified atom stereocenters. The Morgan fingerprint density at radius 2 is 1.89 bits per heavy atom. The molecule has 0 spiro atoms. The van der Waals surface area contributed by atoms with Crippen LogP contribution in [0.4, 0.5) is 0 Å². The standard InChI is InChI=1S/C16H16N2O/c19-16-7-3-4-13(10-16)11-17-18-9-8-14-5-1-2-6-15(14)12-18/h1-7,10-11,19H,8-9,12H2. The monoisotopic (exact) mass is 252 g/mol. The SMILES string of the molecule is Oc1cccc(C=NN2CCc3ccccc3C2)c1. The van der Waals surface area contributed by atoms with Gasteiger partial charge in [0.1, 0.15) is 5.75 Å². The Morgan fingerprint density at radius 1 is 1.05 bits per heavy atom. The van der Waals surface area contributed by atoms with Crippen molar-refractivity contribution < 1.29 is 5.11 Å². The Bertz CT molecular complexity index is 607. The van der Waals surface area contributed by atoms with Crippen molar-refractivity contribution in [1.29, 1.82) is 0 Å². The number of benzene rings is 2. The summed E-state index contributed by atoms with van der Waals surface area (Å²) in [5.74, 6) is 0.271. The van der Waals surface area contributed by atoms with Gasteiger partial charge in [0.2, 0.25) is 0 Å². The Morgan fingerprint density at radius 3 is 2.74 bits per heavy atom. The van der Waals surface area contributed by atoms with Crippen LogP contribution < -0.4 is 0 Å². The lowest BCUT2D eigenvalue weighted by Crippen LogP contribution is -2.25. The van der Waals surface area contributed by atoms with Gasteiger partial charge < -0.3 is 5.11 Å². The van der Waals surface area contributed by atoms with Crippen LogP contribution in [0.3, 0.4) is 0 Å². The fourth-order valence-corrected chi connectivity index (χ4v) is 2.33. The summed E-state index contributed by atoms with van der Waals surface area (Å²) in [5.41, 5.74) is 3.69. The third kappa shape index (κ3) is 2.76. The summed E-state index contributed by atoms with van der Waals surface area (Å²) in [7, 11) is 0. The lowest BCUT2D eigenvalue weighted by atomic mass is 10.0. The highest BCUT2D eigenvalue weighted by atomic mass is 16.3. The summed E-state index contributed by atoms with van der Waals surface area (Å²) in [5, 5.41) is 16.0. The molecular weight excluding hydrogens is 236 g/mol. The molecule has 19 heavy (non-hydrogen) atoms. The lowest BCUT2D eigenvalue weighted by molar-refractivity contribution is 0.269. The molecule has 1 N–H and O–H groups in total. The summed E-state index contributed by atoms with van der Waals surface area (Å²) in [6.45, 7) is 1.79. The van der Waals surface area contributed by atoms with E-state index in [9.17, 15) is 5.11 Å². The average molecular weight is 252 g/mol. The molecule has 1 heterocycles. The Kier molecular flexibility index (Phi) is 3.19. The number of aromatic hydroxyl groups is 1. The number of nitrogens with zero attached hydrogens (tertiary/aromatic N) is 2. The number of rotatable bonds is 2. The van der Waals surface area contributed by atoms with Gasteiger partial charge in [0.15, 0.2) is 0 Å². The van der Waals surface area contributed by atoms with Crippen LogP contribution in [0.2, 0.25) is 0 Å². The van der Waals surface area contributed by atoms with Gasteiger partial charge in [-0.2, -0.15) is 5.10 Å². The molecule has 0 atom stereocenters. The minimum atomic E-state index is 0.271. The van der Waals surface area contributed by atoms with Gasteiger partial charge in [-0.3, -0.25) is 5.01 Å². The molecule has 0 saturated carbocycles. The number of hydrazone groups is 1. The number of phenolic OH excluding ortho intramolecular Hbond substituents is 1. The third-order valence-corrected chi connectivity index (χ3v) is 3.35. The van der Waals surface area contributed by atoms with Gasteiger partial charge in [-0.05, 0) is 35.2 Å². The summed E-state index contributed by atoms with van der Waals surface area (Å²) in [4.78, 5) is 0. The second kappa shape index (κ2) is 5.14. The van der Waals surface area contributed by atoms with E-state index in [4.69, 9.17) is 0 Å². The smallest absolute Gasteiger partial charge is 0.116 e. The molecule has 3 rings (SSSR count). The average Bonchev–Trinajstić information content (AvgIpc) is 2.45. The van der Waals surface area contributed by atoms with Crippen molar-refractivity contribution in [2.24, 2.45) is 5.10 Å². The van der Waals surface area contributed by atoms with E-state index in [1.807, 2.05) is 12.1 Å². The van der Waals surface area contributed by atoms with Crippen molar-refractivity contribution in [2.75, 3.05) is 6.54 Å². The van der Waals surface area contributed by atoms with Crippen molar-refractivity contribution in [3.05, 3.63) is 65.2 Å². The maximum absolute atomic E-state index is 9.40. The van der Waals surface area contributed by atoms with E-state index < -0.39 is 0 Å². The van der Waals surface area contributed by atoms with E-state index in [1.165, 1.54) is 11.1 Å². The summed E-state index contributed by atoms with van der Waals surface area (Å²) < 4.78 is 0. The van der Waals surface area contributed by atoms with Crippen LogP contribution in [0.5, 0.6) is 5.75 Å². The summed E-state index contributed by atoms with van der Waals surface area (Å²) in [6.07, 6.45) is 2.83. The molecule has 0 radical (unpaired) electrons. The minimum absolute atomic E-state index is 0.271. The number of fused-ring (bicyclic) bond motifs is 1. The molecule has 0 saturated heterocycles. The first-order chi connectivity index (χ1) is 9.31. The third-order valence-electron chi connectivity index (χ3n) is 3.35. The molecule has 3 nitrogen and oxygen atoms in total. The van der Waals surface area contributed by atoms with E-state index in [0.29, 0.717) is 0 Å². The lowest BCUT2D eigenvalue weighted by Gasteiger charge is -2.26. The second-order valence-corrected chi connectivity index (χ2v) is 4.75. The number of phenols is 1. The molecule has 0 fully saturated rings. The van der Waals surface area contributed by atoms with E-state index in [0.717, 1.165) is 25.1 Å². The van der Waals surface area contributed by atoms with Crippen LogP contribution >= 0.6 is 0 Å². The quantitative estimate of drug-likeness (QED) is 0.834. The molecule has 0 aliphatic carbocycles. The molecule has 1 aliphatic rings. The van der Waals surface area contributed by atoms with Gasteiger partial charge in [-0.1, -0.05) is 36.4 Å². The van der Waals surface area contributed by atoms with Gasteiger partial charge in [0, 0.05) is 6.54 Å². The van der Waals surface area contributed by atoms with Crippen LogP contribution in [-0.4, -0.2) is 22.9 Å². The van der Waals surface area contributed by atoms with Crippen molar-refractivity contribution in [3.8, 4) is 5.75 Å². The summed E-state index contributed by atoms with van der Waals surface area (Å²) >= 11 is 0. The van der Waals surface area contributed by atoms with E-state index >= 15 is 0 Å². The van der Waals surface area contributed by atoms with Gasteiger partial charge in [0.25, 0.3) is 0 Å². The highest BCUT2D eigenvalue weighted by Crippen LogP contribution is 2.18. The van der Waals surface area contributed by atoms with Gasteiger partial charge >= 0.3 is 0 Å². The zero-order valence-corrected chi connectivity index (χ0v) is 10.7. The number of hydrogen-bond acceptors (Lipinski definition) is 3. The molecule has 96 valence electrons. The van der Waals surface area contributed by atoms with Crippen LogP contribution in [-0.2, 0) is 13.0 Å². The van der Waals surface area contributed by atoms with Crippen LogP contribution in [0, 0.1) is 0 Å². The van der Waals surface area contributed by atoms with E-state index in [1.54, 1.807) is 18.3 Å². The number of hydrogen-bond donors (Lipinski definition) is 1. The summed E-state index contributed by atoms with van der Waals surface area (Å²) in [6, 6.07) is 15.6. The molecule has 0 amide bonds. The first kappa shape index (κ1) is 11.8. The normalized spacial score (nSPS) is 14.6. The minimum Gasteiger partial charge on any atom is -0.508 e. The maximum atomic E-state index is 9.40. The molecule has 0 bridgehead atoms. The largest absolute Gasteiger partial charge is 0.508 e. The van der Waals surface area contributed by atoms with Crippen LogP contribution in [0.1, 0.15) is 16.7 Å².